The number of thioether (sulfide) groups is 1. The Bertz CT molecular complexity index is 877. The zero-order chi connectivity index (χ0) is 17.1. The summed E-state index contributed by atoms with van der Waals surface area (Å²) in [5.41, 5.74) is 8.19. The van der Waals surface area contributed by atoms with Crippen LogP contribution in [0.3, 0.4) is 0 Å². The molecule has 7 heteroatoms. The van der Waals surface area contributed by atoms with Gasteiger partial charge in [-0.25, -0.2) is 0 Å². The molecule has 0 aliphatic rings. The lowest BCUT2D eigenvalue weighted by Gasteiger charge is -2.12. The lowest BCUT2D eigenvalue weighted by atomic mass is 10.1. The first-order valence-electron chi connectivity index (χ1n) is 7.24. The largest absolute Gasteiger partial charge is 0.369 e. The average molecular weight is 359 g/mol. The summed E-state index contributed by atoms with van der Waals surface area (Å²) in [6.07, 6.45) is 0. The quantitative estimate of drug-likeness (QED) is 0.709. The summed E-state index contributed by atoms with van der Waals surface area (Å²) in [6, 6.07) is 15.3. The van der Waals surface area contributed by atoms with Gasteiger partial charge in [0.05, 0.1) is 11.4 Å². The number of primary amides is 1. The fraction of sp³-hybridized carbons (Fsp3) is 0.118. The van der Waals surface area contributed by atoms with E-state index in [4.69, 9.17) is 17.3 Å². The Morgan fingerprint density at radius 2 is 1.88 bits per heavy atom. The molecular weight excluding hydrogens is 344 g/mol. The molecule has 3 aromatic rings. The van der Waals surface area contributed by atoms with Crippen molar-refractivity contribution in [1.29, 1.82) is 0 Å². The minimum atomic E-state index is -0.396. The Labute approximate surface area is 148 Å². The summed E-state index contributed by atoms with van der Waals surface area (Å²) < 4.78 is 1.94. The lowest BCUT2D eigenvalue weighted by Crippen LogP contribution is -2.13. The summed E-state index contributed by atoms with van der Waals surface area (Å²) in [6.45, 7) is 2.02. The molecule has 0 saturated carbocycles. The fourth-order valence-corrected chi connectivity index (χ4v) is 3.13. The lowest BCUT2D eigenvalue weighted by molar-refractivity contribution is -0.115. The number of benzene rings is 2. The predicted molar refractivity (Wildman–Crippen MR) is 96.5 cm³/mol. The van der Waals surface area contributed by atoms with Crippen molar-refractivity contribution < 1.29 is 4.79 Å². The number of halogens is 1. The number of rotatable bonds is 5. The highest BCUT2D eigenvalue weighted by Gasteiger charge is 2.17. The molecule has 2 N–H and O–H groups in total. The molecule has 5 nitrogen and oxygen atoms in total. The van der Waals surface area contributed by atoms with Crippen molar-refractivity contribution in [1.82, 2.24) is 14.8 Å². The maximum Gasteiger partial charge on any atom is 0.227 e. The highest BCUT2D eigenvalue weighted by Crippen LogP contribution is 2.29. The SMILES string of the molecule is Cc1ccccc1-n1c(SCC(N)=O)nnc1-c1ccc(Cl)cc1. The number of carbonyl (C=O) groups is 1. The number of aromatic nitrogens is 3. The Morgan fingerprint density at radius 1 is 1.17 bits per heavy atom. The number of para-hydroxylation sites is 1. The number of hydrogen-bond donors (Lipinski definition) is 1. The van der Waals surface area contributed by atoms with E-state index in [1.54, 1.807) is 0 Å². The molecule has 122 valence electrons. The van der Waals surface area contributed by atoms with Crippen molar-refractivity contribution in [3.8, 4) is 17.1 Å². The molecule has 0 aliphatic carbocycles. The second-order valence-corrected chi connectivity index (χ2v) is 6.57. The molecule has 0 unspecified atom stereocenters. The van der Waals surface area contributed by atoms with Gasteiger partial charge in [-0.2, -0.15) is 0 Å². The molecule has 0 spiro atoms. The van der Waals surface area contributed by atoms with Gasteiger partial charge in [0.2, 0.25) is 5.91 Å². The van der Waals surface area contributed by atoms with Crippen molar-refractivity contribution in [2.24, 2.45) is 5.73 Å². The second kappa shape index (κ2) is 7.07. The van der Waals surface area contributed by atoms with Crippen molar-refractivity contribution >= 4 is 29.3 Å². The maximum atomic E-state index is 11.1. The van der Waals surface area contributed by atoms with Gasteiger partial charge in [0.25, 0.3) is 0 Å². The summed E-state index contributed by atoms with van der Waals surface area (Å²) in [5, 5.41) is 9.82. The summed E-state index contributed by atoms with van der Waals surface area (Å²) in [7, 11) is 0. The van der Waals surface area contributed by atoms with E-state index in [2.05, 4.69) is 10.2 Å². The third kappa shape index (κ3) is 3.44. The minimum Gasteiger partial charge on any atom is -0.369 e. The van der Waals surface area contributed by atoms with Crippen LogP contribution in [0.25, 0.3) is 17.1 Å². The normalized spacial score (nSPS) is 10.8. The highest BCUT2D eigenvalue weighted by atomic mass is 35.5. The van der Waals surface area contributed by atoms with Crippen molar-refractivity contribution in [3.05, 3.63) is 59.1 Å². The van der Waals surface area contributed by atoms with Crippen molar-refractivity contribution in [3.63, 3.8) is 0 Å². The molecule has 0 bridgehead atoms. The van der Waals surface area contributed by atoms with E-state index in [1.165, 1.54) is 11.8 Å². The Morgan fingerprint density at radius 3 is 2.54 bits per heavy atom. The van der Waals surface area contributed by atoms with Crippen LogP contribution in [-0.2, 0) is 4.79 Å². The van der Waals surface area contributed by atoms with Gasteiger partial charge in [-0.1, -0.05) is 41.6 Å². The molecule has 0 fully saturated rings. The molecule has 1 heterocycles. The van der Waals surface area contributed by atoms with Crippen LogP contribution >= 0.6 is 23.4 Å². The predicted octanol–water partition coefficient (Wildman–Crippen LogP) is 3.47. The van der Waals surface area contributed by atoms with Crippen LogP contribution in [0.2, 0.25) is 5.02 Å². The molecule has 0 saturated heterocycles. The van der Waals surface area contributed by atoms with Gasteiger partial charge in [0, 0.05) is 10.6 Å². The number of nitrogens with zero attached hydrogens (tertiary/aromatic N) is 3. The molecular formula is C17H15ClN4OS. The molecule has 2 aromatic carbocycles. The van der Waals surface area contributed by atoms with E-state index >= 15 is 0 Å². The van der Waals surface area contributed by atoms with E-state index in [1.807, 2.05) is 60.0 Å². The Hall–Kier alpha value is -2.31. The van der Waals surface area contributed by atoms with Crippen LogP contribution in [0, 0.1) is 6.92 Å². The summed E-state index contributed by atoms with van der Waals surface area (Å²) in [4.78, 5) is 11.1. The van der Waals surface area contributed by atoms with Crippen LogP contribution in [0.4, 0.5) is 0 Å². The summed E-state index contributed by atoms with van der Waals surface area (Å²) in [5.74, 6) is 0.435. The third-order valence-corrected chi connectivity index (χ3v) is 4.64. The van der Waals surface area contributed by atoms with Gasteiger partial charge in [-0.3, -0.25) is 9.36 Å². The topological polar surface area (TPSA) is 73.8 Å². The highest BCUT2D eigenvalue weighted by molar-refractivity contribution is 7.99. The second-order valence-electron chi connectivity index (χ2n) is 5.19. The first-order valence-corrected chi connectivity index (χ1v) is 8.61. The van der Waals surface area contributed by atoms with E-state index < -0.39 is 5.91 Å². The number of amides is 1. The van der Waals surface area contributed by atoms with Crippen molar-refractivity contribution in [2.45, 2.75) is 12.1 Å². The third-order valence-electron chi connectivity index (χ3n) is 3.44. The molecule has 0 atom stereocenters. The minimum absolute atomic E-state index is 0.143. The Kier molecular flexibility index (Phi) is 4.87. The number of hydrogen-bond acceptors (Lipinski definition) is 4. The average Bonchev–Trinajstić information content (AvgIpc) is 2.98. The number of aryl methyl sites for hydroxylation is 1. The van der Waals surface area contributed by atoms with E-state index in [9.17, 15) is 4.79 Å². The molecule has 1 amide bonds. The van der Waals surface area contributed by atoms with Gasteiger partial charge in [0.15, 0.2) is 11.0 Å². The Balaban J connectivity index is 2.14. The van der Waals surface area contributed by atoms with Crippen LogP contribution in [-0.4, -0.2) is 26.4 Å². The maximum absolute atomic E-state index is 11.1. The number of carbonyl (C=O) groups excluding carboxylic acids is 1. The van der Waals surface area contributed by atoms with Crippen LogP contribution in [0.5, 0.6) is 0 Å². The molecule has 0 aliphatic heterocycles. The summed E-state index contributed by atoms with van der Waals surface area (Å²) >= 11 is 7.24. The van der Waals surface area contributed by atoms with E-state index in [-0.39, 0.29) is 5.75 Å². The van der Waals surface area contributed by atoms with Gasteiger partial charge in [-0.05, 0) is 42.8 Å². The van der Waals surface area contributed by atoms with Gasteiger partial charge >= 0.3 is 0 Å². The zero-order valence-corrected chi connectivity index (χ0v) is 14.5. The molecule has 1 aromatic heterocycles. The smallest absolute Gasteiger partial charge is 0.227 e. The van der Waals surface area contributed by atoms with E-state index in [0.29, 0.717) is 16.0 Å². The van der Waals surface area contributed by atoms with Crippen LogP contribution in [0.1, 0.15) is 5.56 Å². The van der Waals surface area contributed by atoms with Gasteiger partial charge < -0.3 is 5.73 Å². The van der Waals surface area contributed by atoms with E-state index in [0.717, 1.165) is 16.8 Å². The fourth-order valence-electron chi connectivity index (χ4n) is 2.32. The monoisotopic (exact) mass is 358 g/mol. The standard InChI is InChI=1S/C17H15ClN4OS/c1-11-4-2-3-5-14(11)22-16(12-6-8-13(18)9-7-12)20-21-17(22)24-10-15(19)23/h2-9H,10H2,1H3,(H2,19,23). The van der Waals surface area contributed by atoms with Crippen LogP contribution < -0.4 is 5.73 Å². The van der Waals surface area contributed by atoms with Crippen LogP contribution in [0.15, 0.2) is 53.7 Å². The number of nitrogens with two attached hydrogens (primary N) is 1. The van der Waals surface area contributed by atoms with Crippen molar-refractivity contribution in [2.75, 3.05) is 5.75 Å². The molecule has 0 radical (unpaired) electrons. The molecule has 3 rings (SSSR count). The first-order chi connectivity index (χ1) is 11.6. The molecule has 24 heavy (non-hydrogen) atoms. The van der Waals surface area contributed by atoms with Gasteiger partial charge in [0.1, 0.15) is 0 Å². The zero-order valence-electron chi connectivity index (χ0n) is 12.9. The van der Waals surface area contributed by atoms with Gasteiger partial charge in [-0.15, -0.1) is 10.2 Å². The first kappa shape index (κ1) is 16.5.